The summed E-state index contributed by atoms with van der Waals surface area (Å²) >= 11 is 8.35. The van der Waals surface area contributed by atoms with Crippen LogP contribution in [0.15, 0.2) is 28.7 Å². The van der Waals surface area contributed by atoms with Crippen LogP contribution in [0.1, 0.15) is 5.56 Å². The van der Waals surface area contributed by atoms with Gasteiger partial charge < -0.3 is 5.32 Å². The fourth-order valence-electron chi connectivity index (χ4n) is 1.48. The summed E-state index contributed by atoms with van der Waals surface area (Å²) in [5.41, 5.74) is -1.28. The molecule has 0 spiro atoms. The summed E-state index contributed by atoms with van der Waals surface area (Å²) in [7, 11) is 0. The SMILES string of the molecule is Fc1cc(F)c(Nc2cc(C(F)(F)F)cc(Cl)n2)cc1Br. The molecule has 0 bridgehead atoms. The Hall–Kier alpha value is -1.41. The highest BCUT2D eigenvalue weighted by atomic mass is 79.9. The largest absolute Gasteiger partial charge is 0.416 e. The number of nitrogens with one attached hydrogen (secondary N) is 1. The fourth-order valence-corrected chi connectivity index (χ4v) is 2.03. The van der Waals surface area contributed by atoms with Gasteiger partial charge in [-0.25, -0.2) is 13.8 Å². The van der Waals surface area contributed by atoms with E-state index in [-0.39, 0.29) is 16.0 Å². The smallest absolute Gasteiger partial charge is 0.338 e. The number of hydrogen-bond acceptors (Lipinski definition) is 2. The van der Waals surface area contributed by atoms with E-state index in [1.54, 1.807) is 0 Å². The molecule has 1 aromatic carbocycles. The third-order valence-electron chi connectivity index (χ3n) is 2.39. The van der Waals surface area contributed by atoms with Gasteiger partial charge in [-0.2, -0.15) is 13.2 Å². The monoisotopic (exact) mass is 386 g/mol. The van der Waals surface area contributed by atoms with Crippen molar-refractivity contribution in [2.24, 2.45) is 0 Å². The van der Waals surface area contributed by atoms with Crippen molar-refractivity contribution < 1.29 is 22.0 Å². The first-order valence-electron chi connectivity index (χ1n) is 5.33. The summed E-state index contributed by atoms with van der Waals surface area (Å²) in [6.07, 6.45) is -4.62. The molecule has 0 atom stereocenters. The average Bonchev–Trinajstić information content (AvgIpc) is 2.34. The van der Waals surface area contributed by atoms with E-state index in [4.69, 9.17) is 11.6 Å². The second kappa shape index (κ2) is 5.76. The number of pyridine rings is 1. The standard InChI is InChI=1S/C12H5BrClF5N2/c13-6-3-9(8(16)4-7(6)15)20-11-2-5(12(17,18)19)1-10(14)21-11/h1-4H,(H,20,21). The van der Waals surface area contributed by atoms with Crippen molar-refractivity contribution in [1.29, 1.82) is 0 Å². The van der Waals surface area contributed by atoms with Gasteiger partial charge in [-0.3, -0.25) is 0 Å². The van der Waals surface area contributed by atoms with Crippen molar-refractivity contribution in [3.8, 4) is 0 Å². The molecule has 1 heterocycles. The van der Waals surface area contributed by atoms with Gasteiger partial charge in [0.25, 0.3) is 0 Å². The second-order valence-electron chi connectivity index (χ2n) is 3.93. The maximum absolute atomic E-state index is 13.5. The minimum atomic E-state index is -4.62. The van der Waals surface area contributed by atoms with Crippen molar-refractivity contribution in [3.63, 3.8) is 0 Å². The van der Waals surface area contributed by atoms with Gasteiger partial charge >= 0.3 is 6.18 Å². The van der Waals surface area contributed by atoms with Crippen LogP contribution < -0.4 is 5.32 Å². The molecule has 0 saturated heterocycles. The first-order valence-corrected chi connectivity index (χ1v) is 6.50. The molecule has 0 fully saturated rings. The Labute approximate surface area is 129 Å². The number of benzene rings is 1. The van der Waals surface area contributed by atoms with Crippen molar-refractivity contribution in [2.75, 3.05) is 5.32 Å². The Morgan fingerprint density at radius 1 is 1.05 bits per heavy atom. The summed E-state index contributed by atoms with van der Waals surface area (Å²) < 4.78 is 64.5. The van der Waals surface area contributed by atoms with E-state index >= 15 is 0 Å². The lowest BCUT2D eigenvalue weighted by Gasteiger charge is -2.11. The zero-order valence-electron chi connectivity index (χ0n) is 9.90. The molecule has 1 aromatic heterocycles. The number of nitrogens with zero attached hydrogens (tertiary/aromatic N) is 1. The Balaban J connectivity index is 2.40. The number of hydrogen-bond donors (Lipinski definition) is 1. The minimum Gasteiger partial charge on any atom is -0.338 e. The maximum atomic E-state index is 13.5. The molecule has 0 aliphatic carbocycles. The van der Waals surface area contributed by atoms with Gasteiger partial charge in [-0.15, -0.1) is 0 Å². The van der Waals surface area contributed by atoms with Crippen LogP contribution in [0.25, 0.3) is 0 Å². The Bertz CT molecular complexity index is 690. The van der Waals surface area contributed by atoms with Crippen LogP contribution in [0.4, 0.5) is 33.5 Å². The average molecular weight is 388 g/mol. The molecule has 2 nitrogen and oxygen atoms in total. The molecule has 0 unspecified atom stereocenters. The van der Waals surface area contributed by atoms with E-state index in [9.17, 15) is 22.0 Å². The van der Waals surface area contributed by atoms with Crippen LogP contribution in [-0.4, -0.2) is 4.98 Å². The third kappa shape index (κ3) is 3.82. The lowest BCUT2D eigenvalue weighted by atomic mass is 10.2. The Kier molecular flexibility index (Phi) is 4.38. The summed E-state index contributed by atoms with van der Waals surface area (Å²) in [5.74, 6) is -2.13. The molecule has 0 aliphatic rings. The minimum absolute atomic E-state index is 0.0514. The molecule has 9 heteroatoms. The van der Waals surface area contributed by atoms with Gasteiger partial charge in [0.2, 0.25) is 0 Å². The zero-order chi connectivity index (χ0) is 15.8. The predicted molar refractivity (Wildman–Crippen MR) is 71.6 cm³/mol. The lowest BCUT2D eigenvalue weighted by molar-refractivity contribution is -0.137. The molecule has 21 heavy (non-hydrogen) atoms. The topological polar surface area (TPSA) is 24.9 Å². The van der Waals surface area contributed by atoms with Gasteiger partial charge in [-0.1, -0.05) is 11.6 Å². The van der Waals surface area contributed by atoms with E-state index in [1.807, 2.05) is 0 Å². The highest BCUT2D eigenvalue weighted by molar-refractivity contribution is 9.10. The lowest BCUT2D eigenvalue weighted by Crippen LogP contribution is -2.07. The summed E-state index contributed by atoms with van der Waals surface area (Å²) in [5, 5.41) is 1.92. The van der Waals surface area contributed by atoms with Crippen molar-refractivity contribution in [2.45, 2.75) is 6.18 Å². The normalized spacial score (nSPS) is 11.6. The van der Waals surface area contributed by atoms with Gasteiger partial charge in [0.05, 0.1) is 15.7 Å². The summed E-state index contributed by atoms with van der Waals surface area (Å²) in [6, 6.07) is 2.94. The van der Waals surface area contributed by atoms with Crippen LogP contribution in [-0.2, 0) is 6.18 Å². The van der Waals surface area contributed by atoms with Crippen molar-refractivity contribution >= 4 is 39.0 Å². The number of aromatic nitrogens is 1. The first-order chi connectivity index (χ1) is 9.66. The number of halogens is 7. The van der Waals surface area contributed by atoms with Crippen LogP contribution in [0.2, 0.25) is 5.15 Å². The van der Waals surface area contributed by atoms with E-state index in [2.05, 4.69) is 26.2 Å². The molecule has 0 saturated carbocycles. The van der Waals surface area contributed by atoms with Crippen LogP contribution in [0.3, 0.4) is 0 Å². The van der Waals surface area contributed by atoms with Crippen molar-refractivity contribution in [1.82, 2.24) is 4.98 Å². The molecular weight excluding hydrogens is 382 g/mol. The number of rotatable bonds is 2. The Morgan fingerprint density at radius 2 is 1.71 bits per heavy atom. The second-order valence-corrected chi connectivity index (χ2v) is 5.17. The van der Waals surface area contributed by atoms with Gasteiger partial charge in [-0.05, 0) is 34.1 Å². The van der Waals surface area contributed by atoms with Gasteiger partial charge in [0.15, 0.2) is 0 Å². The summed E-state index contributed by atoms with van der Waals surface area (Å²) in [6.45, 7) is 0. The highest BCUT2D eigenvalue weighted by Gasteiger charge is 2.31. The summed E-state index contributed by atoms with van der Waals surface area (Å²) in [4.78, 5) is 3.61. The van der Waals surface area contributed by atoms with Crippen LogP contribution >= 0.6 is 27.5 Å². The third-order valence-corrected chi connectivity index (χ3v) is 3.20. The van der Waals surface area contributed by atoms with Gasteiger partial charge in [0, 0.05) is 6.07 Å². The molecular formula is C12H5BrClF5N2. The van der Waals surface area contributed by atoms with E-state index in [0.717, 1.165) is 6.07 Å². The molecule has 1 N–H and O–H groups in total. The quantitative estimate of drug-likeness (QED) is 0.416. The van der Waals surface area contributed by atoms with Gasteiger partial charge in [0.1, 0.15) is 22.6 Å². The van der Waals surface area contributed by atoms with Crippen molar-refractivity contribution in [3.05, 3.63) is 51.1 Å². The number of alkyl halides is 3. The van der Waals surface area contributed by atoms with Crippen LogP contribution in [0, 0.1) is 11.6 Å². The zero-order valence-corrected chi connectivity index (χ0v) is 12.2. The molecule has 2 aromatic rings. The van der Waals surface area contributed by atoms with Crippen LogP contribution in [0.5, 0.6) is 0 Å². The van der Waals surface area contributed by atoms with E-state index < -0.39 is 28.5 Å². The first kappa shape index (κ1) is 16.0. The maximum Gasteiger partial charge on any atom is 0.416 e. The predicted octanol–water partition coefficient (Wildman–Crippen LogP) is 5.54. The fraction of sp³-hybridized carbons (Fsp3) is 0.0833. The molecule has 112 valence electrons. The molecule has 2 rings (SSSR count). The number of anilines is 2. The molecule has 0 aliphatic heterocycles. The Morgan fingerprint density at radius 3 is 2.33 bits per heavy atom. The van der Waals surface area contributed by atoms with E-state index in [0.29, 0.717) is 18.2 Å². The molecule has 0 amide bonds. The molecule has 0 radical (unpaired) electrons. The van der Waals surface area contributed by atoms with E-state index in [1.165, 1.54) is 0 Å². The highest BCUT2D eigenvalue weighted by Crippen LogP contribution is 2.33.